The Hall–Kier alpha value is -4.19. The number of ether oxygens (including phenoxy) is 1. The van der Waals surface area contributed by atoms with Crippen molar-refractivity contribution in [3.63, 3.8) is 0 Å². The molecule has 4 aromatic heterocycles. The van der Waals surface area contributed by atoms with Crippen LogP contribution in [0.2, 0.25) is 0 Å². The SMILES string of the molecule is CN/C=C(\C=N)c1cnc2cnn([S+]([O-])c3cnc4ccc(-c5ccc(N6CCOCC6)cc5)cn34)c2c1. The number of imidazole rings is 1. The van der Waals surface area contributed by atoms with Crippen LogP contribution in [-0.4, -0.2) is 67.7 Å². The highest BCUT2D eigenvalue weighted by atomic mass is 32.2. The highest BCUT2D eigenvalue weighted by molar-refractivity contribution is 7.90. The van der Waals surface area contributed by atoms with Gasteiger partial charge < -0.3 is 24.9 Å². The van der Waals surface area contributed by atoms with E-state index in [1.807, 2.05) is 28.8 Å². The van der Waals surface area contributed by atoms with Gasteiger partial charge in [-0.2, -0.15) is 0 Å². The first kappa shape index (κ1) is 24.2. The second kappa shape index (κ2) is 10.3. The molecule has 1 unspecified atom stereocenters. The average Bonchev–Trinajstić information content (AvgIpc) is 3.60. The fraction of sp³-hybridized carbons (Fsp3) is 0.185. The number of morpholine rings is 1. The van der Waals surface area contributed by atoms with E-state index in [2.05, 4.69) is 49.5 Å². The minimum Gasteiger partial charge on any atom is -0.585 e. The van der Waals surface area contributed by atoms with Crippen LogP contribution in [0.15, 0.2) is 78.5 Å². The van der Waals surface area contributed by atoms with Crippen LogP contribution in [0.25, 0.3) is 33.4 Å². The first-order valence-electron chi connectivity index (χ1n) is 12.2. The molecule has 5 aromatic rings. The summed E-state index contributed by atoms with van der Waals surface area (Å²) in [6, 6.07) is 14.2. The van der Waals surface area contributed by atoms with Crippen molar-refractivity contribution < 1.29 is 9.29 Å². The van der Waals surface area contributed by atoms with Gasteiger partial charge in [-0.05, 0) is 41.5 Å². The first-order valence-corrected chi connectivity index (χ1v) is 13.3. The number of benzene rings is 1. The molecule has 0 spiro atoms. The summed E-state index contributed by atoms with van der Waals surface area (Å²) in [7, 11) is 1.77. The van der Waals surface area contributed by atoms with Crippen molar-refractivity contribution in [2.24, 2.45) is 0 Å². The zero-order chi connectivity index (χ0) is 26.1. The van der Waals surface area contributed by atoms with Gasteiger partial charge in [0, 0.05) is 61.8 Å². The Morgan fingerprint density at radius 2 is 1.84 bits per heavy atom. The molecule has 0 bridgehead atoms. The van der Waals surface area contributed by atoms with Gasteiger partial charge in [0.25, 0.3) is 5.03 Å². The van der Waals surface area contributed by atoms with Gasteiger partial charge in [0.05, 0.1) is 19.4 Å². The van der Waals surface area contributed by atoms with E-state index in [1.54, 1.807) is 31.8 Å². The quantitative estimate of drug-likeness (QED) is 0.247. The minimum atomic E-state index is -1.68. The molecule has 2 N–H and O–H groups in total. The Morgan fingerprint density at radius 1 is 1.05 bits per heavy atom. The summed E-state index contributed by atoms with van der Waals surface area (Å²) in [5.41, 5.74) is 6.52. The Morgan fingerprint density at radius 3 is 2.61 bits per heavy atom. The number of hydrogen-bond donors (Lipinski definition) is 2. The van der Waals surface area contributed by atoms with E-state index in [1.165, 1.54) is 16.0 Å². The number of hydrogen-bond acceptors (Lipinski definition) is 8. The predicted octanol–water partition coefficient (Wildman–Crippen LogP) is 3.36. The maximum atomic E-state index is 13.8. The average molecular weight is 527 g/mol. The van der Waals surface area contributed by atoms with Crippen LogP contribution in [0.4, 0.5) is 5.69 Å². The lowest BCUT2D eigenvalue weighted by molar-refractivity contribution is 0.122. The monoisotopic (exact) mass is 526 g/mol. The predicted molar refractivity (Wildman–Crippen MR) is 149 cm³/mol. The van der Waals surface area contributed by atoms with E-state index >= 15 is 0 Å². The van der Waals surface area contributed by atoms with Crippen LogP contribution >= 0.6 is 0 Å². The molecule has 0 radical (unpaired) electrons. The lowest BCUT2D eigenvalue weighted by Crippen LogP contribution is -2.36. The van der Waals surface area contributed by atoms with E-state index in [4.69, 9.17) is 10.1 Å². The van der Waals surface area contributed by atoms with Crippen molar-refractivity contribution in [1.82, 2.24) is 28.9 Å². The van der Waals surface area contributed by atoms with Gasteiger partial charge in [-0.25, -0.2) is 4.98 Å². The van der Waals surface area contributed by atoms with Crippen molar-refractivity contribution in [2.75, 3.05) is 38.3 Å². The molecule has 1 atom stereocenters. The minimum absolute atomic E-state index is 0.500. The van der Waals surface area contributed by atoms with Crippen LogP contribution < -0.4 is 10.2 Å². The molecule has 38 heavy (non-hydrogen) atoms. The topological polar surface area (TPSA) is 119 Å². The molecule has 0 saturated carbocycles. The fourth-order valence-electron chi connectivity index (χ4n) is 4.57. The molecule has 11 heteroatoms. The normalized spacial score (nSPS) is 15.2. The number of allylic oxidation sites excluding steroid dienone is 1. The van der Waals surface area contributed by atoms with Crippen LogP contribution in [0.1, 0.15) is 5.56 Å². The molecule has 0 aliphatic carbocycles. The van der Waals surface area contributed by atoms with Crippen molar-refractivity contribution in [2.45, 2.75) is 5.03 Å². The molecule has 192 valence electrons. The smallest absolute Gasteiger partial charge is 0.278 e. The standard InChI is InChI=1S/C27H26N8O2S/c1-29-14-22(13-28)21-12-25-24(30-15-21)16-32-35(25)38(36)27-17-31-26-7-4-20(18-34(26)27)19-2-5-23(6-3-19)33-8-10-37-11-9-33/h2-7,12-18,28-29H,8-11H2,1H3/b22-14+,28-13?. The van der Waals surface area contributed by atoms with Crippen LogP contribution in [0.3, 0.4) is 0 Å². The van der Waals surface area contributed by atoms with Gasteiger partial charge in [0.15, 0.2) is 11.4 Å². The Labute approximate surface area is 222 Å². The molecular weight excluding hydrogens is 500 g/mol. The Kier molecular flexibility index (Phi) is 6.54. The third-order valence-electron chi connectivity index (χ3n) is 6.56. The molecule has 1 fully saturated rings. The third-order valence-corrected chi connectivity index (χ3v) is 7.83. The fourth-order valence-corrected chi connectivity index (χ4v) is 5.66. The number of anilines is 1. The lowest BCUT2D eigenvalue weighted by atomic mass is 10.1. The first-order chi connectivity index (χ1) is 18.7. The molecule has 1 aliphatic heterocycles. The van der Waals surface area contributed by atoms with E-state index in [0.717, 1.165) is 43.0 Å². The summed E-state index contributed by atoms with van der Waals surface area (Å²) in [4.78, 5) is 11.2. The van der Waals surface area contributed by atoms with Crippen LogP contribution in [-0.2, 0) is 16.1 Å². The molecule has 10 nitrogen and oxygen atoms in total. The summed E-state index contributed by atoms with van der Waals surface area (Å²) in [5, 5.41) is 15.5. The summed E-state index contributed by atoms with van der Waals surface area (Å²) >= 11 is -1.68. The van der Waals surface area contributed by atoms with Crippen LogP contribution in [0, 0.1) is 5.41 Å². The molecule has 1 aromatic carbocycles. The third kappa shape index (κ3) is 4.40. The second-order valence-electron chi connectivity index (χ2n) is 8.82. The lowest BCUT2D eigenvalue weighted by Gasteiger charge is -2.28. The molecule has 0 amide bonds. The number of fused-ring (bicyclic) bond motifs is 2. The van der Waals surface area contributed by atoms with Gasteiger partial charge in [0.1, 0.15) is 22.9 Å². The molecular formula is C27H26N8O2S. The Balaban J connectivity index is 1.34. The van der Waals surface area contributed by atoms with Gasteiger partial charge in [-0.1, -0.05) is 16.2 Å². The number of nitrogens with one attached hydrogen (secondary N) is 2. The van der Waals surface area contributed by atoms with E-state index in [9.17, 15) is 4.55 Å². The Bertz CT molecular complexity index is 1640. The van der Waals surface area contributed by atoms with Gasteiger partial charge in [0.2, 0.25) is 0 Å². The zero-order valence-electron chi connectivity index (χ0n) is 20.7. The van der Waals surface area contributed by atoms with E-state index in [-0.39, 0.29) is 0 Å². The maximum absolute atomic E-state index is 13.8. The molecule has 5 heterocycles. The number of pyridine rings is 2. The number of nitrogens with zero attached hydrogens (tertiary/aromatic N) is 6. The van der Waals surface area contributed by atoms with Crippen molar-refractivity contribution in [3.8, 4) is 11.1 Å². The highest BCUT2D eigenvalue weighted by Crippen LogP contribution is 2.27. The summed E-state index contributed by atoms with van der Waals surface area (Å²) in [6.45, 7) is 3.28. The highest BCUT2D eigenvalue weighted by Gasteiger charge is 2.24. The van der Waals surface area contributed by atoms with Gasteiger partial charge in [-0.3, -0.25) is 9.38 Å². The largest absolute Gasteiger partial charge is 0.585 e. The summed E-state index contributed by atoms with van der Waals surface area (Å²) in [5.74, 6) is 0. The van der Waals surface area contributed by atoms with Crippen molar-refractivity contribution in [1.29, 1.82) is 5.41 Å². The summed E-state index contributed by atoms with van der Waals surface area (Å²) in [6.07, 6.45) is 9.80. The number of aromatic nitrogens is 5. The van der Waals surface area contributed by atoms with Crippen molar-refractivity contribution in [3.05, 3.63) is 79.0 Å². The van der Waals surface area contributed by atoms with Crippen LogP contribution in [0.5, 0.6) is 0 Å². The maximum Gasteiger partial charge on any atom is 0.278 e. The molecule has 1 saturated heterocycles. The van der Waals surface area contributed by atoms with E-state index < -0.39 is 11.4 Å². The molecule has 6 rings (SSSR count). The summed E-state index contributed by atoms with van der Waals surface area (Å²) < 4.78 is 22.5. The molecule has 1 aliphatic rings. The second-order valence-corrected chi connectivity index (χ2v) is 10.1. The van der Waals surface area contributed by atoms with Gasteiger partial charge in [-0.15, -0.1) is 5.10 Å². The van der Waals surface area contributed by atoms with Gasteiger partial charge >= 0.3 is 0 Å². The van der Waals surface area contributed by atoms with E-state index in [0.29, 0.717) is 27.3 Å². The van der Waals surface area contributed by atoms with Crippen molar-refractivity contribution >= 4 is 45.5 Å². The zero-order valence-corrected chi connectivity index (χ0v) is 21.6. The number of rotatable bonds is 7.